The van der Waals surface area contributed by atoms with Gasteiger partial charge in [-0.2, -0.15) is 0 Å². The molecule has 1 fully saturated rings. The molecule has 1 aliphatic heterocycles. The zero-order valence-electron chi connectivity index (χ0n) is 16.4. The first-order valence-corrected chi connectivity index (χ1v) is 10.2. The number of carbonyl (C=O) groups excluding carboxylic acids is 2. The van der Waals surface area contributed by atoms with Gasteiger partial charge >= 0.3 is 6.03 Å². The molecule has 0 atom stereocenters. The van der Waals surface area contributed by atoms with Crippen LogP contribution in [-0.2, 0) is 11.3 Å². The largest absolute Gasteiger partial charge is 0.329 e. The molecule has 2 heterocycles. The third-order valence-corrected chi connectivity index (χ3v) is 5.56. The van der Waals surface area contributed by atoms with E-state index in [1.165, 1.54) is 11.0 Å². The summed E-state index contributed by atoms with van der Waals surface area (Å²) >= 11 is 3.27. The van der Waals surface area contributed by atoms with Crippen molar-refractivity contribution in [1.82, 2.24) is 14.8 Å². The summed E-state index contributed by atoms with van der Waals surface area (Å²) in [6.07, 6.45) is 1.64. The van der Waals surface area contributed by atoms with Crippen molar-refractivity contribution in [2.24, 2.45) is 0 Å². The van der Waals surface area contributed by atoms with Crippen LogP contribution in [0.3, 0.4) is 0 Å². The van der Waals surface area contributed by atoms with E-state index in [9.17, 15) is 14.0 Å². The van der Waals surface area contributed by atoms with E-state index in [1.807, 2.05) is 50.2 Å². The van der Waals surface area contributed by atoms with E-state index >= 15 is 0 Å². The summed E-state index contributed by atoms with van der Waals surface area (Å²) in [5.74, 6) is -0.742. The van der Waals surface area contributed by atoms with Gasteiger partial charge in [-0.05, 0) is 55.3 Å². The number of hydrogen-bond acceptors (Lipinski definition) is 2. The average Bonchev–Trinajstić information content (AvgIpc) is 3.13. The van der Waals surface area contributed by atoms with E-state index in [4.69, 9.17) is 0 Å². The number of nitrogens with one attached hydrogen (secondary N) is 1. The number of carbonyl (C=O) groups is 2. The number of halogens is 2. The van der Waals surface area contributed by atoms with Crippen molar-refractivity contribution in [2.45, 2.75) is 20.4 Å². The molecule has 5 nitrogen and oxygen atoms in total. The smallest absolute Gasteiger partial charge is 0.315 e. The van der Waals surface area contributed by atoms with E-state index in [0.717, 1.165) is 22.5 Å². The normalized spacial score (nSPS) is 15.2. The summed E-state index contributed by atoms with van der Waals surface area (Å²) in [6.45, 7) is 3.92. The van der Waals surface area contributed by atoms with Gasteiger partial charge in [0.05, 0.1) is 12.2 Å². The summed E-state index contributed by atoms with van der Waals surface area (Å²) in [7, 11) is 0. The summed E-state index contributed by atoms with van der Waals surface area (Å²) in [6, 6.07) is 15.6. The molecule has 4 rings (SSSR count). The number of nitrogens with zero attached hydrogens (tertiary/aromatic N) is 2. The van der Waals surface area contributed by atoms with E-state index in [0.29, 0.717) is 10.2 Å². The molecule has 0 bridgehead atoms. The summed E-state index contributed by atoms with van der Waals surface area (Å²) in [4.78, 5) is 26.3. The topological polar surface area (TPSA) is 54.3 Å². The zero-order chi connectivity index (χ0) is 21.4. The molecule has 0 saturated carbocycles. The quantitative estimate of drug-likeness (QED) is 0.429. The van der Waals surface area contributed by atoms with Crippen LogP contribution in [0.2, 0.25) is 0 Å². The standard InChI is InChI=1S/C23H19BrFN3O2/c1-14-10-17(15(2)28(14)21-9-8-18(24)12-19(21)25)11-20-22(29)27(23(30)26-20)13-16-6-4-3-5-7-16/h3-12H,13H2,1-2H3,(H,26,30)/b20-11+. The Labute approximate surface area is 181 Å². The predicted octanol–water partition coefficient (Wildman–Crippen LogP) is 5.09. The first kappa shape index (κ1) is 20.1. The molecule has 1 N–H and O–H groups in total. The van der Waals surface area contributed by atoms with Crippen LogP contribution < -0.4 is 5.32 Å². The van der Waals surface area contributed by atoms with Crippen molar-refractivity contribution < 1.29 is 14.0 Å². The lowest BCUT2D eigenvalue weighted by Crippen LogP contribution is -2.30. The zero-order valence-corrected chi connectivity index (χ0v) is 18.0. The van der Waals surface area contributed by atoms with E-state index in [2.05, 4.69) is 21.2 Å². The molecular weight excluding hydrogens is 449 g/mol. The molecule has 0 aliphatic carbocycles. The monoisotopic (exact) mass is 467 g/mol. The van der Waals surface area contributed by atoms with Crippen molar-refractivity contribution >= 4 is 33.9 Å². The van der Waals surface area contributed by atoms with Crippen molar-refractivity contribution in [3.63, 3.8) is 0 Å². The SMILES string of the molecule is Cc1cc(/C=C2/NC(=O)N(Cc3ccccc3)C2=O)c(C)n1-c1ccc(Br)cc1F. The third kappa shape index (κ3) is 3.68. The Morgan fingerprint density at radius 3 is 2.50 bits per heavy atom. The lowest BCUT2D eigenvalue weighted by Gasteiger charge is -2.11. The number of amides is 3. The van der Waals surface area contributed by atoms with Gasteiger partial charge in [0.25, 0.3) is 5.91 Å². The predicted molar refractivity (Wildman–Crippen MR) is 116 cm³/mol. The Bertz CT molecular complexity index is 1180. The highest BCUT2D eigenvalue weighted by atomic mass is 79.9. The maximum Gasteiger partial charge on any atom is 0.329 e. The first-order valence-electron chi connectivity index (χ1n) is 9.38. The number of imide groups is 1. The number of urea groups is 1. The molecule has 30 heavy (non-hydrogen) atoms. The lowest BCUT2D eigenvalue weighted by atomic mass is 10.2. The van der Waals surface area contributed by atoms with Crippen molar-refractivity contribution in [2.75, 3.05) is 0 Å². The Kier molecular flexibility index (Phi) is 5.30. The van der Waals surface area contributed by atoms with Gasteiger partial charge in [-0.15, -0.1) is 0 Å². The molecule has 7 heteroatoms. The number of hydrogen-bond donors (Lipinski definition) is 1. The molecular formula is C23H19BrFN3O2. The second kappa shape index (κ2) is 7.91. The Morgan fingerprint density at radius 2 is 1.80 bits per heavy atom. The van der Waals surface area contributed by atoms with Crippen molar-refractivity contribution in [3.05, 3.63) is 93.1 Å². The van der Waals surface area contributed by atoms with Gasteiger partial charge in [0, 0.05) is 15.9 Å². The third-order valence-electron chi connectivity index (χ3n) is 5.07. The number of aromatic nitrogens is 1. The fraction of sp³-hybridized carbons (Fsp3) is 0.130. The van der Waals surface area contributed by atoms with Gasteiger partial charge in [-0.25, -0.2) is 9.18 Å². The van der Waals surface area contributed by atoms with Crippen LogP contribution in [0.25, 0.3) is 11.8 Å². The first-order chi connectivity index (χ1) is 14.3. The second-order valence-electron chi connectivity index (χ2n) is 7.12. The van der Waals surface area contributed by atoms with Gasteiger partial charge in [0.15, 0.2) is 0 Å². The Hall–Kier alpha value is -3.19. The minimum atomic E-state index is -0.456. The van der Waals surface area contributed by atoms with Gasteiger partial charge in [0.1, 0.15) is 11.5 Å². The van der Waals surface area contributed by atoms with Crippen LogP contribution in [0, 0.1) is 19.7 Å². The highest BCUT2D eigenvalue weighted by Crippen LogP contribution is 2.27. The molecule has 1 aliphatic rings. The minimum Gasteiger partial charge on any atom is -0.315 e. The van der Waals surface area contributed by atoms with E-state index in [1.54, 1.807) is 22.8 Å². The molecule has 0 spiro atoms. The van der Waals surface area contributed by atoms with Crippen molar-refractivity contribution in [3.8, 4) is 5.69 Å². The maximum atomic E-state index is 14.5. The van der Waals surface area contributed by atoms with Crippen LogP contribution in [0.15, 0.2) is 64.8 Å². The van der Waals surface area contributed by atoms with E-state index in [-0.39, 0.29) is 24.0 Å². The van der Waals surface area contributed by atoms with E-state index < -0.39 is 6.03 Å². The molecule has 1 aromatic heterocycles. The van der Waals surface area contributed by atoms with Gasteiger partial charge < -0.3 is 9.88 Å². The second-order valence-corrected chi connectivity index (χ2v) is 8.04. The van der Waals surface area contributed by atoms with Crippen LogP contribution in [0.1, 0.15) is 22.5 Å². The van der Waals surface area contributed by atoms with Gasteiger partial charge in [-0.3, -0.25) is 9.69 Å². The fourth-order valence-corrected chi connectivity index (χ4v) is 3.94. The highest BCUT2D eigenvalue weighted by molar-refractivity contribution is 9.10. The molecule has 2 aromatic carbocycles. The van der Waals surface area contributed by atoms with Crippen LogP contribution in [0.4, 0.5) is 9.18 Å². The lowest BCUT2D eigenvalue weighted by molar-refractivity contribution is -0.123. The molecule has 0 radical (unpaired) electrons. The maximum absolute atomic E-state index is 14.5. The van der Waals surface area contributed by atoms with Crippen LogP contribution in [0.5, 0.6) is 0 Å². The number of rotatable bonds is 4. The molecule has 1 saturated heterocycles. The van der Waals surface area contributed by atoms with Gasteiger partial charge in [0.2, 0.25) is 0 Å². The summed E-state index contributed by atoms with van der Waals surface area (Å²) in [5, 5.41) is 2.65. The van der Waals surface area contributed by atoms with Crippen molar-refractivity contribution in [1.29, 1.82) is 0 Å². The molecule has 0 unspecified atom stereocenters. The molecule has 152 valence electrons. The minimum absolute atomic E-state index is 0.200. The average molecular weight is 468 g/mol. The molecule has 3 aromatic rings. The summed E-state index contributed by atoms with van der Waals surface area (Å²) < 4.78 is 16.9. The number of benzene rings is 2. The highest BCUT2D eigenvalue weighted by Gasteiger charge is 2.33. The Balaban J connectivity index is 1.66. The summed E-state index contributed by atoms with van der Waals surface area (Å²) in [5.41, 5.74) is 3.81. The van der Waals surface area contributed by atoms with Gasteiger partial charge in [-0.1, -0.05) is 46.3 Å². The number of aryl methyl sites for hydroxylation is 1. The van der Waals surface area contributed by atoms with Crippen LogP contribution >= 0.6 is 15.9 Å². The Morgan fingerprint density at radius 1 is 1.07 bits per heavy atom. The van der Waals surface area contributed by atoms with Crippen LogP contribution in [-0.4, -0.2) is 21.4 Å². The fourth-order valence-electron chi connectivity index (χ4n) is 3.60. The molecule has 3 amide bonds.